The second kappa shape index (κ2) is 12.8. The molecule has 0 aromatic heterocycles. The Morgan fingerprint density at radius 3 is 2.18 bits per heavy atom. The van der Waals surface area contributed by atoms with Crippen molar-refractivity contribution in [3.63, 3.8) is 0 Å². The molecule has 0 spiro atoms. The molecule has 124 valence electrons. The molecular weight excluding hydrogens is 282 g/mol. The standard InChI is InChI=1S/C17H27NO4/c1-5-13-18(14-6-2)15(9-11-16(19)21-7-3)10-12-17(20)22-8-4/h5-6,9,11,15H,1-2,7-8,10,12-14H2,3-4H3/b11-9+. The maximum atomic E-state index is 11.5. The summed E-state index contributed by atoms with van der Waals surface area (Å²) in [6.07, 6.45) is 7.55. The van der Waals surface area contributed by atoms with E-state index in [-0.39, 0.29) is 24.4 Å². The average molecular weight is 309 g/mol. The molecule has 0 amide bonds. The third-order valence-electron chi connectivity index (χ3n) is 2.89. The highest BCUT2D eigenvalue weighted by Crippen LogP contribution is 2.11. The van der Waals surface area contributed by atoms with E-state index in [2.05, 4.69) is 18.1 Å². The topological polar surface area (TPSA) is 55.8 Å². The zero-order chi connectivity index (χ0) is 16.8. The lowest BCUT2D eigenvalue weighted by Crippen LogP contribution is -2.35. The number of hydrogen-bond donors (Lipinski definition) is 0. The SMILES string of the molecule is C=CCN(CC=C)C(/C=C/C(=O)OCC)CCC(=O)OCC. The summed E-state index contributed by atoms with van der Waals surface area (Å²) in [5, 5.41) is 0. The molecule has 0 N–H and O–H groups in total. The van der Waals surface area contributed by atoms with Crippen molar-refractivity contribution in [3.05, 3.63) is 37.5 Å². The van der Waals surface area contributed by atoms with Gasteiger partial charge in [0.05, 0.1) is 13.2 Å². The lowest BCUT2D eigenvalue weighted by atomic mass is 10.1. The Labute approximate surface area is 133 Å². The molecule has 0 fully saturated rings. The van der Waals surface area contributed by atoms with Crippen LogP contribution < -0.4 is 0 Å². The Kier molecular flexibility index (Phi) is 11.7. The monoisotopic (exact) mass is 309 g/mol. The Morgan fingerprint density at radius 1 is 1.09 bits per heavy atom. The molecule has 0 aliphatic carbocycles. The second-order valence-corrected chi connectivity index (χ2v) is 4.55. The van der Waals surface area contributed by atoms with Crippen molar-refractivity contribution >= 4 is 11.9 Å². The Bertz CT molecular complexity index is 380. The molecule has 0 rings (SSSR count). The highest BCUT2D eigenvalue weighted by Gasteiger charge is 2.16. The van der Waals surface area contributed by atoms with E-state index in [4.69, 9.17) is 9.47 Å². The fourth-order valence-corrected chi connectivity index (χ4v) is 1.96. The number of carbonyl (C=O) groups is 2. The Hall–Kier alpha value is -1.88. The first-order valence-corrected chi connectivity index (χ1v) is 7.55. The summed E-state index contributed by atoms with van der Waals surface area (Å²) in [5.41, 5.74) is 0. The summed E-state index contributed by atoms with van der Waals surface area (Å²) in [6.45, 7) is 13.0. The third-order valence-corrected chi connectivity index (χ3v) is 2.89. The molecule has 0 aromatic carbocycles. The maximum absolute atomic E-state index is 11.5. The van der Waals surface area contributed by atoms with Crippen LogP contribution in [-0.4, -0.2) is 49.2 Å². The molecule has 0 saturated carbocycles. The molecule has 0 bridgehead atoms. The first-order valence-electron chi connectivity index (χ1n) is 7.55. The van der Waals surface area contributed by atoms with E-state index in [0.717, 1.165) is 0 Å². The average Bonchev–Trinajstić information content (AvgIpc) is 2.48. The zero-order valence-electron chi connectivity index (χ0n) is 13.6. The van der Waals surface area contributed by atoms with Gasteiger partial charge in [-0.2, -0.15) is 0 Å². The van der Waals surface area contributed by atoms with E-state index >= 15 is 0 Å². The van der Waals surface area contributed by atoms with Crippen molar-refractivity contribution in [2.24, 2.45) is 0 Å². The normalized spacial score (nSPS) is 12.1. The number of nitrogens with zero attached hydrogens (tertiary/aromatic N) is 1. The van der Waals surface area contributed by atoms with Crippen molar-refractivity contribution < 1.29 is 19.1 Å². The van der Waals surface area contributed by atoms with Gasteiger partial charge in [0.1, 0.15) is 0 Å². The van der Waals surface area contributed by atoms with Crippen LogP contribution in [0.1, 0.15) is 26.7 Å². The molecule has 1 atom stereocenters. The summed E-state index contributed by atoms with van der Waals surface area (Å²) in [7, 11) is 0. The molecule has 0 aromatic rings. The van der Waals surface area contributed by atoms with Gasteiger partial charge in [-0.1, -0.05) is 18.2 Å². The molecule has 0 aliphatic rings. The van der Waals surface area contributed by atoms with E-state index < -0.39 is 0 Å². The molecule has 5 heteroatoms. The van der Waals surface area contributed by atoms with E-state index in [9.17, 15) is 9.59 Å². The summed E-state index contributed by atoms with van der Waals surface area (Å²) in [5.74, 6) is -0.630. The number of hydrogen-bond acceptors (Lipinski definition) is 5. The fraction of sp³-hybridized carbons (Fsp3) is 0.529. The van der Waals surface area contributed by atoms with Gasteiger partial charge in [0.15, 0.2) is 0 Å². The van der Waals surface area contributed by atoms with E-state index in [1.54, 1.807) is 32.1 Å². The van der Waals surface area contributed by atoms with Crippen molar-refractivity contribution in [2.45, 2.75) is 32.7 Å². The van der Waals surface area contributed by atoms with Crippen LogP contribution in [0.15, 0.2) is 37.5 Å². The molecular formula is C17H27NO4. The van der Waals surface area contributed by atoms with E-state index in [1.165, 1.54) is 6.08 Å². The smallest absolute Gasteiger partial charge is 0.330 e. The summed E-state index contributed by atoms with van der Waals surface area (Å²) in [6, 6.07) is -0.0928. The largest absolute Gasteiger partial charge is 0.466 e. The second-order valence-electron chi connectivity index (χ2n) is 4.55. The Balaban J connectivity index is 4.85. The minimum Gasteiger partial charge on any atom is -0.466 e. The van der Waals surface area contributed by atoms with Crippen molar-refractivity contribution in [3.8, 4) is 0 Å². The third kappa shape index (κ3) is 9.13. The first kappa shape index (κ1) is 20.1. The summed E-state index contributed by atoms with van der Waals surface area (Å²) >= 11 is 0. The van der Waals surface area contributed by atoms with Gasteiger partial charge in [-0.3, -0.25) is 9.69 Å². The van der Waals surface area contributed by atoms with Crippen LogP contribution in [-0.2, 0) is 19.1 Å². The van der Waals surface area contributed by atoms with Crippen molar-refractivity contribution in [1.29, 1.82) is 0 Å². The number of esters is 2. The Morgan fingerprint density at radius 2 is 1.68 bits per heavy atom. The van der Waals surface area contributed by atoms with E-state index in [0.29, 0.717) is 32.7 Å². The molecule has 1 unspecified atom stereocenters. The van der Waals surface area contributed by atoms with Crippen LogP contribution in [0.2, 0.25) is 0 Å². The van der Waals surface area contributed by atoms with Crippen LogP contribution >= 0.6 is 0 Å². The predicted octanol–water partition coefficient (Wildman–Crippen LogP) is 2.49. The van der Waals surface area contributed by atoms with Crippen LogP contribution in [0, 0.1) is 0 Å². The minimum absolute atomic E-state index is 0.0928. The van der Waals surface area contributed by atoms with Crippen LogP contribution in [0.4, 0.5) is 0 Å². The zero-order valence-corrected chi connectivity index (χ0v) is 13.6. The predicted molar refractivity (Wildman–Crippen MR) is 87.4 cm³/mol. The van der Waals surface area contributed by atoms with Crippen LogP contribution in [0.5, 0.6) is 0 Å². The fourth-order valence-electron chi connectivity index (χ4n) is 1.96. The molecule has 5 nitrogen and oxygen atoms in total. The van der Waals surface area contributed by atoms with Gasteiger partial charge in [-0.05, 0) is 20.3 Å². The number of ether oxygens (including phenoxy) is 2. The van der Waals surface area contributed by atoms with Gasteiger partial charge >= 0.3 is 11.9 Å². The van der Waals surface area contributed by atoms with Gasteiger partial charge in [-0.25, -0.2) is 4.79 Å². The molecule has 0 aliphatic heterocycles. The molecule has 0 saturated heterocycles. The highest BCUT2D eigenvalue weighted by molar-refractivity contribution is 5.82. The summed E-state index contributed by atoms with van der Waals surface area (Å²) in [4.78, 5) is 25.1. The van der Waals surface area contributed by atoms with Crippen molar-refractivity contribution in [1.82, 2.24) is 4.90 Å². The van der Waals surface area contributed by atoms with Gasteiger partial charge < -0.3 is 9.47 Å². The number of carbonyl (C=O) groups excluding carboxylic acids is 2. The van der Waals surface area contributed by atoms with Crippen LogP contribution in [0.3, 0.4) is 0 Å². The lowest BCUT2D eigenvalue weighted by Gasteiger charge is -2.27. The maximum Gasteiger partial charge on any atom is 0.330 e. The van der Waals surface area contributed by atoms with Gasteiger partial charge in [0, 0.05) is 31.6 Å². The highest BCUT2D eigenvalue weighted by atomic mass is 16.5. The van der Waals surface area contributed by atoms with Gasteiger partial charge in [0.25, 0.3) is 0 Å². The molecule has 0 radical (unpaired) electrons. The first-order chi connectivity index (χ1) is 10.6. The van der Waals surface area contributed by atoms with E-state index in [1.807, 2.05) is 0 Å². The molecule has 0 heterocycles. The summed E-state index contributed by atoms with van der Waals surface area (Å²) < 4.78 is 9.82. The van der Waals surface area contributed by atoms with Crippen molar-refractivity contribution in [2.75, 3.05) is 26.3 Å². The lowest BCUT2D eigenvalue weighted by molar-refractivity contribution is -0.143. The van der Waals surface area contributed by atoms with Gasteiger partial charge in [0.2, 0.25) is 0 Å². The quantitative estimate of drug-likeness (QED) is 0.315. The van der Waals surface area contributed by atoms with Gasteiger partial charge in [-0.15, -0.1) is 13.2 Å². The molecule has 22 heavy (non-hydrogen) atoms. The minimum atomic E-state index is -0.388. The number of rotatable bonds is 12. The van der Waals surface area contributed by atoms with Crippen LogP contribution in [0.25, 0.3) is 0 Å².